The molecule has 0 fully saturated rings. The summed E-state index contributed by atoms with van der Waals surface area (Å²) >= 11 is 6.87. The van der Waals surface area contributed by atoms with Crippen LogP contribution in [-0.4, -0.2) is 32.8 Å². The number of thioether (sulfide) groups is 1. The van der Waals surface area contributed by atoms with Gasteiger partial charge in [0, 0.05) is 16.3 Å². The number of aromatic nitrogens is 3. The molecule has 0 saturated carbocycles. The highest BCUT2D eigenvalue weighted by molar-refractivity contribution is 7.99. The first-order valence-corrected chi connectivity index (χ1v) is 6.71. The molecule has 0 aliphatic carbocycles. The number of amides is 1. The van der Waals surface area contributed by atoms with Gasteiger partial charge in [0.15, 0.2) is 5.16 Å². The Morgan fingerprint density at radius 2 is 2.25 bits per heavy atom. The second-order valence-electron chi connectivity index (χ2n) is 3.61. The van der Waals surface area contributed by atoms with E-state index in [0.29, 0.717) is 10.8 Å². The summed E-state index contributed by atoms with van der Waals surface area (Å²) < 4.78 is 0. The molecule has 0 spiro atoms. The quantitative estimate of drug-likeness (QED) is 0.780. The summed E-state index contributed by atoms with van der Waals surface area (Å²) in [6, 6.07) is 4.13. The molecular weight excluding hydrogens is 304 g/mol. The maximum Gasteiger partial charge on any atom is 0.234 e. The number of nitrogens with zero attached hydrogens (tertiary/aromatic N) is 2. The van der Waals surface area contributed by atoms with Crippen molar-refractivity contribution in [1.29, 1.82) is 0 Å². The number of H-pyrrole nitrogens is 1. The van der Waals surface area contributed by atoms with Crippen molar-refractivity contribution in [2.24, 2.45) is 0 Å². The van der Waals surface area contributed by atoms with Crippen LogP contribution in [0, 0.1) is 0 Å². The van der Waals surface area contributed by atoms with E-state index in [2.05, 4.69) is 20.5 Å². The molecule has 1 heterocycles. The van der Waals surface area contributed by atoms with E-state index in [4.69, 9.17) is 11.6 Å². The number of anilines is 1. The average Bonchev–Trinajstić information content (AvgIpc) is 2.91. The summed E-state index contributed by atoms with van der Waals surface area (Å²) in [6.45, 7) is 0. The maximum atomic E-state index is 11.7. The van der Waals surface area contributed by atoms with Crippen LogP contribution in [0.4, 0.5) is 5.69 Å². The van der Waals surface area contributed by atoms with Gasteiger partial charge in [-0.1, -0.05) is 23.4 Å². The fourth-order valence-electron chi connectivity index (χ4n) is 1.35. The van der Waals surface area contributed by atoms with Crippen molar-refractivity contribution in [3.8, 4) is 0 Å². The molecule has 0 atom stereocenters. The van der Waals surface area contributed by atoms with E-state index < -0.39 is 5.97 Å². The molecule has 20 heavy (non-hydrogen) atoms. The van der Waals surface area contributed by atoms with Gasteiger partial charge in [0.25, 0.3) is 0 Å². The molecule has 1 aromatic carbocycles. The summed E-state index contributed by atoms with van der Waals surface area (Å²) in [6.07, 6.45) is 1.34. The summed E-state index contributed by atoms with van der Waals surface area (Å²) in [7, 11) is 0. The molecule has 2 rings (SSSR count). The van der Waals surface area contributed by atoms with E-state index in [0.717, 1.165) is 0 Å². The number of benzene rings is 1. The summed E-state index contributed by atoms with van der Waals surface area (Å²) in [5.74, 6) is -1.60. The molecule has 0 aliphatic heterocycles. The normalized spacial score (nSPS) is 10.2. The molecule has 7 nitrogen and oxygen atoms in total. The number of hydrogen-bond donors (Lipinski definition) is 2. The molecule has 1 amide bonds. The van der Waals surface area contributed by atoms with E-state index in [1.807, 2.05) is 0 Å². The van der Waals surface area contributed by atoms with E-state index in [-0.39, 0.29) is 22.2 Å². The van der Waals surface area contributed by atoms with Crippen molar-refractivity contribution in [2.75, 3.05) is 11.1 Å². The number of halogens is 1. The first-order chi connectivity index (χ1) is 9.56. The topological polar surface area (TPSA) is 111 Å². The standard InChI is InChI=1S/C11H9ClN4O3S/c12-8-2-1-6(3-7(8)10(18)19)15-9(17)4-20-11-13-5-14-16-11/h1-3,5H,4H2,(H,15,17)(H,18,19)(H,13,14,16)/p-1. The Morgan fingerprint density at radius 1 is 1.45 bits per heavy atom. The number of aromatic amines is 1. The number of rotatable bonds is 5. The molecule has 0 radical (unpaired) electrons. The number of carboxylic acids is 1. The van der Waals surface area contributed by atoms with Gasteiger partial charge in [-0.05, 0) is 18.2 Å². The first-order valence-electron chi connectivity index (χ1n) is 5.35. The average molecular weight is 312 g/mol. The van der Waals surface area contributed by atoms with Crippen molar-refractivity contribution in [2.45, 2.75) is 5.16 Å². The lowest BCUT2D eigenvalue weighted by Crippen LogP contribution is -2.23. The van der Waals surface area contributed by atoms with Crippen LogP contribution in [0.15, 0.2) is 29.7 Å². The molecular formula is C11H8ClN4O3S-. The predicted molar refractivity (Wildman–Crippen MR) is 71.5 cm³/mol. The van der Waals surface area contributed by atoms with Crippen LogP contribution in [0.2, 0.25) is 5.02 Å². The summed E-state index contributed by atoms with van der Waals surface area (Å²) in [5, 5.41) is 20.2. The van der Waals surface area contributed by atoms with Crippen LogP contribution in [0.25, 0.3) is 0 Å². The van der Waals surface area contributed by atoms with Gasteiger partial charge in [-0.3, -0.25) is 9.89 Å². The van der Waals surface area contributed by atoms with Crippen molar-refractivity contribution in [3.63, 3.8) is 0 Å². The van der Waals surface area contributed by atoms with Crippen LogP contribution in [-0.2, 0) is 4.79 Å². The Labute approximate surface area is 122 Å². The monoisotopic (exact) mass is 311 g/mol. The fourth-order valence-corrected chi connectivity index (χ4v) is 2.13. The zero-order chi connectivity index (χ0) is 14.5. The number of carbonyl (C=O) groups excluding carboxylic acids is 2. The van der Waals surface area contributed by atoms with Crippen LogP contribution >= 0.6 is 23.4 Å². The number of carboxylic acid groups (broad SMARTS) is 1. The van der Waals surface area contributed by atoms with Gasteiger partial charge < -0.3 is 15.2 Å². The lowest BCUT2D eigenvalue weighted by Gasteiger charge is -2.09. The van der Waals surface area contributed by atoms with Gasteiger partial charge in [-0.15, -0.1) is 0 Å². The summed E-state index contributed by atoms with van der Waals surface area (Å²) in [5.41, 5.74) is 0.157. The summed E-state index contributed by atoms with van der Waals surface area (Å²) in [4.78, 5) is 26.3. The molecule has 0 aliphatic rings. The van der Waals surface area contributed by atoms with Crippen LogP contribution < -0.4 is 10.4 Å². The number of carbonyl (C=O) groups is 2. The number of nitrogens with one attached hydrogen (secondary N) is 2. The Balaban J connectivity index is 1.97. The second-order valence-corrected chi connectivity index (χ2v) is 4.98. The lowest BCUT2D eigenvalue weighted by atomic mass is 10.2. The Kier molecular flexibility index (Phi) is 4.59. The second kappa shape index (κ2) is 6.40. The highest BCUT2D eigenvalue weighted by Crippen LogP contribution is 2.20. The minimum atomic E-state index is -1.40. The van der Waals surface area contributed by atoms with Gasteiger partial charge in [0.05, 0.1) is 11.7 Å². The highest BCUT2D eigenvalue weighted by atomic mass is 35.5. The van der Waals surface area contributed by atoms with Gasteiger partial charge in [0.1, 0.15) is 6.33 Å². The third kappa shape index (κ3) is 3.72. The molecule has 104 valence electrons. The van der Waals surface area contributed by atoms with Crippen LogP contribution in [0.3, 0.4) is 0 Å². The van der Waals surface area contributed by atoms with Crippen molar-refractivity contribution in [1.82, 2.24) is 15.2 Å². The van der Waals surface area contributed by atoms with Crippen molar-refractivity contribution >= 4 is 40.9 Å². The fraction of sp³-hybridized carbons (Fsp3) is 0.0909. The smallest absolute Gasteiger partial charge is 0.234 e. The van der Waals surface area contributed by atoms with Gasteiger partial charge >= 0.3 is 0 Å². The number of hydrogen-bond acceptors (Lipinski definition) is 6. The van der Waals surface area contributed by atoms with E-state index in [9.17, 15) is 14.7 Å². The highest BCUT2D eigenvalue weighted by Gasteiger charge is 2.08. The van der Waals surface area contributed by atoms with Gasteiger partial charge in [-0.2, -0.15) is 5.10 Å². The van der Waals surface area contributed by atoms with Crippen LogP contribution in [0.5, 0.6) is 0 Å². The molecule has 9 heteroatoms. The molecule has 1 aromatic heterocycles. The molecule has 0 bridgehead atoms. The Bertz CT molecular complexity index is 633. The van der Waals surface area contributed by atoms with E-state index >= 15 is 0 Å². The van der Waals surface area contributed by atoms with Crippen LogP contribution in [0.1, 0.15) is 10.4 Å². The molecule has 2 N–H and O–H groups in total. The van der Waals surface area contributed by atoms with E-state index in [1.54, 1.807) is 0 Å². The third-order valence-electron chi connectivity index (χ3n) is 2.20. The Morgan fingerprint density at radius 3 is 2.90 bits per heavy atom. The first kappa shape index (κ1) is 14.4. The molecule has 2 aromatic rings. The lowest BCUT2D eigenvalue weighted by molar-refractivity contribution is -0.255. The molecule has 0 saturated heterocycles. The minimum Gasteiger partial charge on any atom is -0.545 e. The third-order valence-corrected chi connectivity index (χ3v) is 3.41. The van der Waals surface area contributed by atoms with Crippen molar-refractivity contribution in [3.05, 3.63) is 35.1 Å². The molecule has 0 unspecified atom stereocenters. The SMILES string of the molecule is O=C(CSc1ncn[nH]1)Nc1ccc(Cl)c(C(=O)[O-])c1. The van der Waals surface area contributed by atoms with E-state index in [1.165, 1.54) is 36.3 Å². The zero-order valence-electron chi connectivity index (χ0n) is 9.92. The maximum absolute atomic E-state index is 11.7. The Hall–Kier alpha value is -2.06. The zero-order valence-corrected chi connectivity index (χ0v) is 11.5. The predicted octanol–water partition coefficient (Wildman–Crippen LogP) is 0.552. The van der Waals surface area contributed by atoms with Gasteiger partial charge in [0.2, 0.25) is 5.91 Å². The number of aromatic carboxylic acids is 1. The minimum absolute atomic E-state index is 0.0547. The van der Waals surface area contributed by atoms with Crippen molar-refractivity contribution < 1.29 is 14.7 Å². The largest absolute Gasteiger partial charge is 0.545 e. The van der Waals surface area contributed by atoms with Gasteiger partial charge in [-0.25, -0.2) is 4.98 Å².